The summed E-state index contributed by atoms with van der Waals surface area (Å²) in [5.41, 5.74) is 9.49. The molecule has 0 spiro atoms. The van der Waals surface area contributed by atoms with Crippen LogP contribution in [-0.4, -0.2) is 34.6 Å². The van der Waals surface area contributed by atoms with E-state index < -0.39 is 11.7 Å². The molecule has 168 valence electrons. The number of benzene rings is 2. The van der Waals surface area contributed by atoms with Crippen molar-refractivity contribution in [2.75, 3.05) is 12.4 Å². The number of aryl methyl sites for hydroxylation is 1. The van der Waals surface area contributed by atoms with Crippen molar-refractivity contribution in [1.29, 1.82) is 0 Å². The van der Waals surface area contributed by atoms with Gasteiger partial charge in [-0.3, -0.25) is 14.4 Å². The van der Waals surface area contributed by atoms with Crippen LogP contribution in [0.4, 0.5) is 0 Å². The lowest BCUT2D eigenvalue weighted by Gasteiger charge is -2.11. The Morgan fingerprint density at radius 1 is 1.09 bits per heavy atom. The minimum Gasteiger partial charge on any atom is -0.466 e. The molecule has 0 radical (unpaired) electrons. The summed E-state index contributed by atoms with van der Waals surface area (Å²) in [5.74, 6) is -1.09. The van der Waals surface area contributed by atoms with Crippen molar-refractivity contribution in [3.05, 3.63) is 64.8 Å². The molecule has 1 heterocycles. The summed E-state index contributed by atoms with van der Waals surface area (Å²) in [4.78, 5) is 37.0. The standard InChI is InChI=1S/C25H28N2O4S/c1-4-31-21(28)11-8-12-32-19-13-16(2)23-20(14-19)22(24(29)25(26)30)17(3)27(23)15-18-9-6-5-7-10-18/h5-7,9-10,13-14H,4,8,11-12,15H2,1-3H3,(H2,26,30). The van der Waals surface area contributed by atoms with E-state index in [1.807, 2.05) is 50.2 Å². The quantitative estimate of drug-likeness (QED) is 0.162. The number of hydrogen-bond donors (Lipinski definition) is 1. The van der Waals surface area contributed by atoms with Crippen LogP contribution in [0.5, 0.6) is 0 Å². The average molecular weight is 453 g/mol. The Bertz CT molecular complexity index is 1150. The lowest BCUT2D eigenvalue weighted by Crippen LogP contribution is -2.23. The van der Waals surface area contributed by atoms with Crippen LogP contribution in [0.2, 0.25) is 0 Å². The highest BCUT2D eigenvalue weighted by molar-refractivity contribution is 7.99. The Morgan fingerprint density at radius 2 is 1.81 bits per heavy atom. The number of hydrogen-bond acceptors (Lipinski definition) is 5. The minimum atomic E-state index is -0.961. The van der Waals surface area contributed by atoms with Crippen LogP contribution in [-0.2, 0) is 20.9 Å². The van der Waals surface area contributed by atoms with Crippen LogP contribution >= 0.6 is 11.8 Å². The summed E-state index contributed by atoms with van der Waals surface area (Å²) in [6, 6.07) is 14.0. The Kier molecular flexibility index (Phi) is 7.75. The number of primary amides is 1. The molecule has 1 aromatic heterocycles. The highest BCUT2D eigenvalue weighted by Crippen LogP contribution is 2.34. The first-order valence-electron chi connectivity index (χ1n) is 10.6. The van der Waals surface area contributed by atoms with Gasteiger partial charge in [-0.15, -0.1) is 11.8 Å². The van der Waals surface area contributed by atoms with Gasteiger partial charge in [0.05, 0.1) is 17.7 Å². The summed E-state index contributed by atoms with van der Waals surface area (Å²) >= 11 is 1.61. The largest absolute Gasteiger partial charge is 0.466 e. The van der Waals surface area contributed by atoms with Crippen molar-refractivity contribution >= 4 is 40.3 Å². The number of esters is 1. The number of carbonyl (C=O) groups excluding carboxylic acids is 3. The van der Waals surface area contributed by atoms with Gasteiger partial charge in [0, 0.05) is 28.9 Å². The maximum absolute atomic E-state index is 12.7. The molecule has 0 atom stereocenters. The summed E-state index contributed by atoms with van der Waals surface area (Å²) < 4.78 is 7.04. The Balaban J connectivity index is 1.97. The molecule has 6 nitrogen and oxygen atoms in total. The van der Waals surface area contributed by atoms with E-state index in [-0.39, 0.29) is 5.97 Å². The van der Waals surface area contributed by atoms with E-state index in [1.54, 1.807) is 18.7 Å². The number of ether oxygens (including phenoxy) is 1. The summed E-state index contributed by atoms with van der Waals surface area (Å²) in [7, 11) is 0. The van der Waals surface area contributed by atoms with E-state index >= 15 is 0 Å². The third-order valence-corrected chi connectivity index (χ3v) is 6.38. The normalized spacial score (nSPS) is 11.0. The molecule has 2 aromatic carbocycles. The fourth-order valence-electron chi connectivity index (χ4n) is 3.89. The number of Topliss-reactive ketones (excluding diaryl/α,β-unsaturated/α-hetero) is 1. The molecule has 32 heavy (non-hydrogen) atoms. The van der Waals surface area contributed by atoms with Gasteiger partial charge in [-0.05, 0) is 56.2 Å². The smallest absolute Gasteiger partial charge is 0.305 e. The van der Waals surface area contributed by atoms with Gasteiger partial charge in [-0.2, -0.15) is 0 Å². The Hall–Kier alpha value is -3.06. The van der Waals surface area contributed by atoms with E-state index in [0.717, 1.165) is 38.4 Å². The third-order valence-electron chi connectivity index (χ3n) is 5.31. The van der Waals surface area contributed by atoms with Crippen LogP contribution < -0.4 is 5.73 Å². The number of rotatable bonds is 10. The van der Waals surface area contributed by atoms with Crippen molar-refractivity contribution in [2.24, 2.45) is 5.73 Å². The van der Waals surface area contributed by atoms with Gasteiger partial charge in [0.15, 0.2) is 0 Å². The second kappa shape index (κ2) is 10.5. The van der Waals surface area contributed by atoms with E-state index in [4.69, 9.17) is 10.5 Å². The molecule has 0 fully saturated rings. The highest BCUT2D eigenvalue weighted by Gasteiger charge is 2.25. The minimum absolute atomic E-state index is 0.192. The molecule has 3 aromatic rings. The second-order valence-electron chi connectivity index (χ2n) is 7.62. The van der Waals surface area contributed by atoms with E-state index in [0.29, 0.717) is 31.6 Å². The number of thioether (sulfide) groups is 1. The first-order chi connectivity index (χ1) is 15.3. The number of nitrogens with two attached hydrogens (primary N) is 1. The maximum atomic E-state index is 12.7. The lowest BCUT2D eigenvalue weighted by molar-refractivity contribution is -0.143. The molecule has 1 amide bonds. The SMILES string of the molecule is CCOC(=O)CCCSc1cc(C)c2c(c1)c(C(=O)C(N)=O)c(C)n2Cc1ccccc1. The van der Waals surface area contributed by atoms with E-state index in [2.05, 4.69) is 10.6 Å². The molecular weight excluding hydrogens is 424 g/mol. The number of fused-ring (bicyclic) bond motifs is 1. The predicted molar refractivity (Wildman–Crippen MR) is 127 cm³/mol. The first kappa shape index (κ1) is 23.6. The number of nitrogens with zero attached hydrogens (tertiary/aromatic N) is 1. The lowest BCUT2D eigenvalue weighted by atomic mass is 10.0. The summed E-state index contributed by atoms with van der Waals surface area (Å²) in [5, 5.41) is 0.732. The van der Waals surface area contributed by atoms with Crippen molar-refractivity contribution in [3.63, 3.8) is 0 Å². The molecule has 0 aliphatic carbocycles. The summed E-state index contributed by atoms with van der Waals surface area (Å²) in [6.45, 7) is 6.62. The molecule has 0 bridgehead atoms. The molecule has 0 aliphatic rings. The Morgan fingerprint density at radius 3 is 2.47 bits per heavy atom. The van der Waals surface area contributed by atoms with Gasteiger partial charge in [-0.1, -0.05) is 30.3 Å². The summed E-state index contributed by atoms with van der Waals surface area (Å²) in [6.07, 6.45) is 1.07. The van der Waals surface area contributed by atoms with Gasteiger partial charge >= 0.3 is 5.97 Å². The second-order valence-corrected chi connectivity index (χ2v) is 8.79. The van der Waals surface area contributed by atoms with Gasteiger partial charge in [0.1, 0.15) is 0 Å². The van der Waals surface area contributed by atoms with Gasteiger partial charge in [0.2, 0.25) is 0 Å². The fraction of sp³-hybridized carbons (Fsp3) is 0.320. The zero-order valence-electron chi connectivity index (χ0n) is 18.6. The Labute approximate surface area is 192 Å². The molecule has 0 saturated heterocycles. The molecule has 7 heteroatoms. The van der Waals surface area contributed by atoms with Crippen molar-refractivity contribution in [3.8, 4) is 0 Å². The monoisotopic (exact) mass is 452 g/mol. The van der Waals surface area contributed by atoms with Crippen LogP contribution in [0.1, 0.15) is 46.9 Å². The zero-order chi connectivity index (χ0) is 23.3. The molecule has 0 unspecified atom stereocenters. The van der Waals surface area contributed by atoms with E-state index in [1.165, 1.54) is 0 Å². The van der Waals surface area contributed by atoms with Crippen LogP contribution in [0.25, 0.3) is 10.9 Å². The topological polar surface area (TPSA) is 91.4 Å². The average Bonchev–Trinajstić information content (AvgIpc) is 3.03. The zero-order valence-corrected chi connectivity index (χ0v) is 19.5. The highest BCUT2D eigenvalue weighted by atomic mass is 32.2. The maximum Gasteiger partial charge on any atom is 0.305 e. The molecule has 3 rings (SSSR count). The van der Waals surface area contributed by atoms with E-state index in [9.17, 15) is 14.4 Å². The van der Waals surface area contributed by atoms with Crippen LogP contribution in [0.3, 0.4) is 0 Å². The number of aromatic nitrogens is 1. The molecule has 0 saturated carbocycles. The van der Waals surface area contributed by atoms with Crippen molar-refractivity contribution < 1.29 is 19.1 Å². The van der Waals surface area contributed by atoms with Crippen molar-refractivity contribution in [1.82, 2.24) is 4.57 Å². The number of amides is 1. The number of carbonyl (C=O) groups is 3. The number of ketones is 1. The van der Waals surface area contributed by atoms with Gasteiger partial charge in [-0.25, -0.2) is 0 Å². The third kappa shape index (κ3) is 5.22. The molecule has 0 aliphatic heterocycles. The van der Waals surface area contributed by atoms with Crippen LogP contribution in [0.15, 0.2) is 47.4 Å². The predicted octanol–water partition coefficient (Wildman–Crippen LogP) is 4.41. The first-order valence-corrected chi connectivity index (χ1v) is 11.6. The van der Waals surface area contributed by atoms with Gasteiger partial charge < -0.3 is 15.0 Å². The molecular formula is C25H28N2O4S. The van der Waals surface area contributed by atoms with Gasteiger partial charge in [0.25, 0.3) is 11.7 Å². The molecule has 2 N–H and O–H groups in total. The van der Waals surface area contributed by atoms with Crippen molar-refractivity contribution in [2.45, 2.75) is 45.1 Å². The van der Waals surface area contributed by atoms with Crippen LogP contribution in [0, 0.1) is 13.8 Å². The fourth-order valence-corrected chi connectivity index (χ4v) is 4.87.